The molecule has 0 aromatic heterocycles. The lowest BCUT2D eigenvalue weighted by Crippen LogP contribution is -2.07. The maximum absolute atomic E-state index is 13.7. The van der Waals surface area contributed by atoms with E-state index in [4.69, 9.17) is 27.9 Å². The van der Waals surface area contributed by atoms with Gasteiger partial charge in [-0.1, -0.05) is 47.5 Å². The van der Waals surface area contributed by atoms with Crippen LogP contribution in [0.5, 0.6) is 0 Å². The van der Waals surface area contributed by atoms with Crippen LogP contribution >= 0.6 is 23.2 Å². The third-order valence-corrected chi connectivity index (χ3v) is 3.83. The van der Waals surface area contributed by atoms with E-state index in [2.05, 4.69) is 4.99 Å². The van der Waals surface area contributed by atoms with Crippen LogP contribution in [-0.4, -0.2) is 11.9 Å². The van der Waals surface area contributed by atoms with Gasteiger partial charge in [-0.25, -0.2) is 14.2 Å². The first-order chi connectivity index (χ1) is 10.6. The number of nitrogens with zero attached hydrogens (tertiary/aromatic N) is 1. The molecule has 22 heavy (non-hydrogen) atoms. The monoisotopic (exact) mass is 335 g/mol. The summed E-state index contributed by atoms with van der Waals surface area (Å²) in [6.45, 7) is 0. The van der Waals surface area contributed by atoms with Gasteiger partial charge in [-0.3, -0.25) is 0 Å². The highest BCUT2D eigenvalue weighted by molar-refractivity contribution is 6.43. The number of ether oxygens (including phenoxy) is 1. The average molecular weight is 336 g/mol. The van der Waals surface area contributed by atoms with Crippen LogP contribution in [0.1, 0.15) is 11.1 Å². The van der Waals surface area contributed by atoms with Gasteiger partial charge in [-0.15, -0.1) is 0 Å². The summed E-state index contributed by atoms with van der Waals surface area (Å²) in [5.41, 5.74) is 0.679. The van der Waals surface area contributed by atoms with Gasteiger partial charge in [0.25, 0.3) is 0 Å². The average Bonchev–Trinajstić information content (AvgIpc) is 2.85. The zero-order chi connectivity index (χ0) is 15.7. The number of halogens is 3. The lowest BCUT2D eigenvalue weighted by Gasteiger charge is -2.00. The molecule has 0 fully saturated rings. The minimum absolute atomic E-state index is 0.0300. The van der Waals surface area contributed by atoms with Gasteiger partial charge in [0.05, 0.1) is 15.6 Å². The van der Waals surface area contributed by atoms with E-state index in [1.54, 1.807) is 30.3 Å². The maximum atomic E-state index is 13.7. The Kier molecular flexibility index (Phi) is 3.96. The molecule has 3 rings (SSSR count). The summed E-state index contributed by atoms with van der Waals surface area (Å²) in [5, 5.41) is 0.666. The first-order valence-electron chi connectivity index (χ1n) is 6.28. The van der Waals surface area contributed by atoms with E-state index in [9.17, 15) is 9.18 Å². The number of esters is 1. The summed E-state index contributed by atoms with van der Waals surface area (Å²) in [7, 11) is 0. The van der Waals surface area contributed by atoms with Gasteiger partial charge >= 0.3 is 5.97 Å². The lowest BCUT2D eigenvalue weighted by atomic mass is 10.2. The Balaban J connectivity index is 2.02. The predicted molar refractivity (Wildman–Crippen MR) is 83.5 cm³/mol. The Morgan fingerprint density at radius 1 is 1.09 bits per heavy atom. The van der Waals surface area contributed by atoms with E-state index in [1.165, 1.54) is 18.2 Å². The number of aliphatic imine (C=N–C) groups is 1. The smallest absolute Gasteiger partial charge is 0.363 e. The van der Waals surface area contributed by atoms with Gasteiger partial charge in [0.1, 0.15) is 5.82 Å². The van der Waals surface area contributed by atoms with Crippen LogP contribution in [0.3, 0.4) is 0 Å². The lowest BCUT2D eigenvalue weighted by molar-refractivity contribution is -0.129. The van der Waals surface area contributed by atoms with Crippen molar-refractivity contribution < 1.29 is 13.9 Å². The van der Waals surface area contributed by atoms with Gasteiger partial charge in [0, 0.05) is 0 Å². The van der Waals surface area contributed by atoms with E-state index in [0.717, 1.165) is 0 Å². The number of hydrogen-bond acceptors (Lipinski definition) is 3. The molecule has 0 saturated carbocycles. The number of rotatable bonds is 2. The molecule has 2 aromatic carbocycles. The normalized spacial score (nSPS) is 15.9. The number of carbonyl (C=O) groups excluding carboxylic acids is 1. The fourth-order valence-corrected chi connectivity index (χ4v) is 2.30. The fourth-order valence-electron chi connectivity index (χ4n) is 1.94. The van der Waals surface area contributed by atoms with E-state index < -0.39 is 11.8 Å². The van der Waals surface area contributed by atoms with Gasteiger partial charge in [0.15, 0.2) is 5.70 Å². The molecule has 1 aliphatic heterocycles. The number of cyclic esters (lactones) is 1. The first kappa shape index (κ1) is 14.8. The number of hydrogen-bond donors (Lipinski definition) is 0. The molecule has 0 spiro atoms. The highest BCUT2D eigenvalue weighted by atomic mass is 35.5. The van der Waals surface area contributed by atoms with Crippen LogP contribution in [0.2, 0.25) is 10.0 Å². The van der Waals surface area contributed by atoms with Gasteiger partial charge in [0.2, 0.25) is 5.90 Å². The van der Waals surface area contributed by atoms with Crippen LogP contribution in [0, 0.1) is 5.82 Å². The summed E-state index contributed by atoms with van der Waals surface area (Å²) in [5.74, 6) is -1.27. The van der Waals surface area contributed by atoms with E-state index in [1.807, 2.05) is 0 Å². The molecule has 0 aliphatic carbocycles. The molecule has 110 valence electrons. The summed E-state index contributed by atoms with van der Waals surface area (Å²) >= 11 is 12.0. The minimum Gasteiger partial charge on any atom is -0.402 e. The van der Waals surface area contributed by atoms with Crippen molar-refractivity contribution in [1.82, 2.24) is 0 Å². The summed E-state index contributed by atoms with van der Waals surface area (Å²) in [6.07, 6.45) is 1.45. The number of carbonyl (C=O) groups is 1. The summed E-state index contributed by atoms with van der Waals surface area (Å²) in [4.78, 5) is 15.9. The molecule has 0 unspecified atom stereocenters. The Bertz CT molecular complexity index is 831. The highest BCUT2D eigenvalue weighted by Crippen LogP contribution is 2.29. The largest absolute Gasteiger partial charge is 0.402 e. The SMILES string of the molecule is O=C1OC(c2ccccc2F)=N/C1=C\c1cccc(Cl)c1Cl. The quantitative estimate of drug-likeness (QED) is 0.599. The van der Waals surface area contributed by atoms with E-state index >= 15 is 0 Å². The molecule has 0 amide bonds. The van der Waals surface area contributed by atoms with Gasteiger partial charge < -0.3 is 4.74 Å². The zero-order valence-electron chi connectivity index (χ0n) is 11.0. The van der Waals surface area contributed by atoms with Crippen molar-refractivity contribution in [3.05, 3.63) is 75.2 Å². The molecule has 0 bridgehead atoms. The van der Waals surface area contributed by atoms with Crippen molar-refractivity contribution in [1.29, 1.82) is 0 Å². The zero-order valence-corrected chi connectivity index (χ0v) is 12.5. The van der Waals surface area contributed by atoms with Crippen molar-refractivity contribution >= 4 is 41.1 Å². The minimum atomic E-state index is -0.672. The Morgan fingerprint density at radius 3 is 2.64 bits per heavy atom. The molecular weight excluding hydrogens is 328 g/mol. The van der Waals surface area contributed by atoms with Crippen LogP contribution < -0.4 is 0 Å². The maximum Gasteiger partial charge on any atom is 0.363 e. The second kappa shape index (κ2) is 5.91. The van der Waals surface area contributed by atoms with Crippen molar-refractivity contribution in [2.75, 3.05) is 0 Å². The number of benzene rings is 2. The molecule has 0 radical (unpaired) electrons. The molecule has 6 heteroatoms. The molecule has 1 heterocycles. The molecular formula is C16H8Cl2FNO2. The van der Waals surface area contributed by atoms with Crippen molar-refractivity contribution in [2.45, 2.75) is 0 Å². The third-order valence-electron chi connectivity index (χ3n) is 3.00. The predicted octanol–water partition coefficient (Wildman–Crippen LogP) is 4.48. The Labute approximate surface area is 135 Å². The van der Waals surface area contributed by atoms with Crippen LogP contribution in [-0.2, 0) is 9.53 Å². The summed E-state index contributed by atoms with van der Waals surface area (Å²) < 4.78 is 18.7. The third kappa shape index (κ3) is 2.75. The van der Waals surface area contributed by atoms with Crippen molar-refractivity contribution in [3.8, 4) is 0 Å². The van der Waals surface area contributed by atoms with Crippen molar-refractivity contribution in [3.63, 3.8) is 0 Å². The van der Waals surface area contributed by atoms with E-state index in [-0.39, 0.29) is 17.2 Å². The fraction of sp³-hybridized carbons (Fsp3) is 0. The first-order valence-corrected chi connectivity index (χ1v) is 7.03. The molecule has 0 N–H and O–H groups in total. The standard InChI is InChI=1S/C16H8Cl2FNO2/c17-11-6-3-4-9(14(11)18)8-13-16(21)22-15(20-13)10-5-1-2-7-12(10)19/h1-8H/b13-8-. The van der Waals surface area contributed by atoms with Crippen LogP contribution in [0.15, 0.2) is 53.2 Å². The highest BCUT2D eigenvalue weighted by Gasteiger charge is 2.26. The van der Waals surface area contributed by atoms with Crippen LogP contribution in [0.4, 0.5) is 4.39 Å². The van der Waals surface area contributed by atoms with Gasteiger partial charge in [-0.05, 0) is 29.8 Å². The Hall–Kier alpha value is -2.17. The second-order valence-corrected chi connectivity index (χ2v) is 5.24. The molecule has 0 saturated heterocycles. The second-order valence-electron chi connectivity index (χ2n) is 4.46. The molecule has 3 nitrogen and oxygen atoms in total. The van der Waals surface area contributed by atoms with Gasteiger partial charge in [-0.2, -0.15) is 0 Å². The molecule has 1 aliphatic rings. The Morgan fingerprint density at radius 2 is 1.86 bits per heavy atom. The van der Waals surface area contributed by atoms with Crippen molar-refractivity contribution in [2.24, 2.45) is 4.99 Å². The van der Waals surface area contributed by atoms with Crippen LogP contribution in [0.25, 0.3) is 6.08 Å². The molecule has 2 aromatic rings. The molecule has 0 atom stereocenters. The van der Waals surface area contributed by atoms with E-state index in [0.29, 0.717) is 15.6 Å². The summed E-state index contributed by atoms with van der Waals surface area (Å²) in [6, 6.07) is 10.9. The topological polar surface area (TPSA) is 38.7 Å².